The molecule has 0 saturated carbocycles. The molecule has 0 spiro atoms. The average Bonchev–Trinajstić information content (AvgIpc) is 2.58. The molecule has 1 aliphatic rings. The van der Waals surface area contributed by atoms with Crippen molar-refractivity contribution in [1.82, 2.24) is 4.98 Å². The largest absolute Gasteiger partial charge is 0.573 e. The van der Waals surface area contributed by atoms with Crippen LogP contribution in [-0.4, -0.2) is 23.6 Å². The lowest BCUT2D eigenvalue weighted by atomic mass is 9.92. The standard InChI is InChI=1S/C18H13F6NO2/c1-10(14-4-2-3-7-25-14)13-9-12(27-18(22,23)24)8-11-5-6-15(17(19,20)21)26-16(11)13/h2-10,15H,1H3. The highest BCUT2D eigenvalue weighted by molar-refractivity contribution is 5.66. The molecule has 144 valence electrons. The van der Waals surface area contributed by atoms with Crippen molar-refractivity contribution in [1.29, 1.82) is 0 Å². The Hall–Kier alpha value is -2.71. The van der Waals surface area contributed by atoms with Crippen LogP contribution in [0.1, 0.15) is 29.7 Å². The molecule has 0 N–H and O–H groups in total. The van der Waals surface area contributed by atoms with Crippen molar-refractivity contribution >= 4 is 6.08 Å². The molecule has 2 atom stereocenters. The van der Waals surface area contributed by atoms with Gasteiger partial charge in [0.2, 0.25) is 6.10 Å². The summed E-state index contributed by atoms with van der Waals surface area (Å²) in [5.41, 5.74) is 0.643. The molecule has 0 aliphatic carbocycles. The molecule has 0 saturated heterocycles. The van der Waals surface area contributed by atoms with E-state index in [0.717, 1.165) is 24.3 Å². The third-order valence-corrected chi connectivity index (χ3v) is 3.97. The second-order valence-corrected chi connectivity index (χ2v) is 5.89. The number of rotatable bonds is 3. The molecule has 1 aromatic heterocycles. The van der Waals surface area contributed by atoms with Crippen LogP contribution in [-0.2, 0) is 0 Å². The van der Waals surface area contributed by atoms with Gasteiger partial charge in [-0.25, -0.2) is 0 Å². The quantitative estimate of drug-likeness (QED) is 0.653. The Balaban J connectivity index is 2.09. The zero-order chi connectivity index (χ0) is 19.8. The number of alkyl halides is 6. The number of fused-ring (bicyclic) bond motifs is 1. The van der Waals surface area contributed by atoms with Crippen LogP contribution in [0.4, 0.5) is 26.3 Å². The van der Waals surface area contributed by atoms with E-state index in [1.165, 1.54) is 6.20 Å². The van der Waals surface area contributed by atoms with Crippen LogP contribution in [0.25, 0.3) is 6.08 Å². The maximum absolute atomic E-state index is 13.0. The molecular weight excluding hydrogens is 376 g/mol. The number of pyridine rings is 1. The number of hydrogen-bond donors (Lipinski definition) is 0. The molecule has 0 radical (unpaired) electrons. The van der Waals surface area contributed by atoms with E-state index >= 15 is 0 Å². The van der Waals surface area contributed by atoms with Crippen molar-refractivity contribution < 1.29 is 35.8 Å². The number of halogens is 6. The highest BCUT2D eigenvalue weighted by atomic mass is 19.4. The van der Waals surface area contributed by atoms with Gasteiger partial charge in [-0.15, -0.1) is 13.2 Å². The van der Waals surface area contributed by atoms with Crippen molar-refractivity contribution in [2.75, 3.05) is 0 Å². The lowest BCUT2D eigenvalue weighted by Crippen LogP contribution is -2.34. The minimum absolute atomic E-state index is 0.0648. The first-order chi connectivity index (χ1) is 12.5. The van der Waals surface area contributed by atoms with Gasteiger partial charge < -0.3 is 9.47 Å². The van der Waals surface area contributed by atoms with Gasteiger partial charge in [0.15, 0.2) is 0 Å². The zero-order valence-corrected chi connectivity index (χ0v) is 13.8. The smallest absolute Gasteiger partial charge is 0.476 e. The first-order valence-corrected chi connectivity index (χ1v) is 7.81. The van der Waals surface area contributed by atoms with Gasteiger partial charge in [0.1, 0.15) is 11.5 Å². The maximum atomic E-state index is 13.0. The maximum Gasteiger partial charge on any atom is 0.573 e. The lowest BCUT2D eigenvalue weighted by molar-refractivity contribution is -0.274. The van der Waals surface area contributed by atoms with E-state index in [4.69, 9.17) is 4.74 Å². The molecule has 3 rings (SSSR count). The average molecular weight is 389 g/mol. The minimum Gasteiger partial charge on any atom is -0.476 e. The summed E-state index contributed by atoms with van der Waals surface area (Å²) in [6.45, 7) is 1.61. The van der Waals surface area contributed by atoms with Crippen molar-refractivity contribution in [2.24, 2.45) is 0 Å². The Labute approximate surface area is 150 Å². The fourth-order valence-corrected chi connectivity index (χ4v) is 2.74. The third kappa shape index (κ3) is 4.35. The van der Waals surface area contributed by atoms with E-state index in [2.05, 4.69) is 9.72 Å². The third-order valence-electron chi connectivity index (χ3n) is 3.97. The lowest BCUT2D eigenvalue weighted by Gasteiger charge is -2.27. The second-order valence-electron chi connectivity index (χ2n) is 5.89. The Morgan fingerprint density at radius 1 is 1.11 bits per heavy atom. The molecule has 2 aromatic rings. The number of ether oxygens (including phenoxy) is 2. The molecule has 2 heterocycles. The van der Waals surface area contributed by atoms with Gasteiger partial charge in [-0.2, -0.15) is 13.2 Å². The Bertz CT molecular complexity index is 845. The molecule has 0 fully saturated rings. The molecule has 1 aliphatic heterocycles. The summed E-state index contributed by atoms with van der Waals surface area (Å²) in [7, 11) is 0. The van der Waals surface area contributed by atoms with Gasteiger partial charge in [-0.3, -0.25) is 4.98 Å². The minimum atomic E-state index is -4.94. The summed E-state index contributed by atoms with van der Waals surface area (Å²) in [6, 6.07) is 6.95. The SMILES string of the molecule is CC(c1ccccn1)c1cc(OC(F)(F)F)cc2c1OC(C(F)(F)F)C=C2. The predicted octanol–water partition coefficient (Wildman–Crippen LogP) is 5.47. The van der Waals surface area contributed by atoms with Crippen LogP contribution in [0.15, 0.2) is 42.6 Å². The van der Waals surface area contributed by atoms with Crippen LogP contribution in [0.2, 0.25) is 0 Å². The number of aromatic nitrogens is 1. The van der Waals surface area contributed by atoms with Crippen LogP contribution >= 0.6 is 0 Å². The van der Waals surface area contributed by atoms with E-state index in [9.17, 15) is 26.3 Å². The van der Waals surface area contributed by atoms with Crippen LogP contribution in [0, 0.1) is 0 Å². The molecule has 9 heteroatoms. The normalized spacial score (nSPS) is 17.8. The molecule has 2 unspecified atom stereocenters. The number of hydrogen-bond acceptors (Lipinski definition) is 3. The summed E-state index contributed by atoms with van der Waals surface area (Å²) in [4.78, 5) is 4.12. The second kappa shape index (κ2) is 6.79. The van der Waals surface area contributed by atoms with E-state index in [1.54, 1.807) is 25.1 Å². The van der Waals surface area contributed by atoms with Crippen LogP contribution in [0.3, 0.4) is 0 Å². The molecule has 1 aromatic carbocycles. The summed E-state index contributed by atoms with van der Waals surface area (Å²) in [5.74, 6) is -1.32. The van der Waals surface area contributed by atoms with Crippen LogP contribution < -0.4 is 9.47 Å². The first-order valence-electron chi connectivity index (χ1n) is 7.81. The Kier molecular flexibility index (Phi) is 4.79. The molecular formula is C18H13F6NO2. The molecule has 3 nitrogen and oxygen atoms in total. The fourth-order valence-electron chi connectivity index (χ4n) is 2.74. The summed E-state index contributed by atoms with van der Waals surface area (Å²) in [5, 5.41) is 0. The molecule has 0 bridgehead atoms. The van der Waals surface area contributed by atoms with Gasteiger partial charge in [0.05, 0.1) is 0 Å². The van der Waals surface area contributed by atoms with Gasteiger partial charge >= 0.3 is 12.5 Å². The van der Waals surface area contributed by atoms with Crippen molar-refractivity contribution in [3.05, 3.63) is 59.4 Å². The fraction of sp³-hybridized carbons (Fsp3) is 0.278. The van der Waals surface area contributed by atoms with E-state index in [1.807, 2.05) is 0 Å². The van der Waals surface area contributed by atoms with E-state index < -0.39 is 30.3 Å². The zero-order valence-electron chi connectivity index (χ0n) is 13.8. The highest BCUT2D eigenvalue weighted by Gasteiger charge is 2.42. The monoisotopic (exact) mass is 389 g/mol. The van der Waals surface area contributed by atoms with Crippen molar-refractivity contribution in [2.45, 2.75) is 31.5 Å². The van der Waals surface area contributed by atoms with Crippen LogP contribution in [0.5, 0.6) is 11.5 Å². The van der Waals surface area contributed by atoms with Gasteiger partial charge in [0.25, 0.3) is 0 Å². The number of nitrogens with zero attached hydrogens (tertiary/aromatic N) is 1. The Morgan fingerprint density at radius 2 is 1.85 bits per heavy atom. The molecule has 27 heavy (non-hydrogen) atoms. The van der Waals surface area contributed by atoms with E-state index in [0.29, 0.717) is 5.69 Å². The summed E-state index contributed by atoms with van der Waals surface area (Å²) in [6.07, 6.45) is -8.47. The predicted molar refractivity (Wildman–Crippen MR) is 84.4 cm³/mol. The highest BCUT2D eigenvalue weighted by Crippen LogP contribution is 2.43. The van der Waals surface area contributed by atoms with E-state index in [-0.39, 0.29) is 16.9 Å². The van der Waals surface area contributed by atoms with Gasteiger partial charge in [-0.05, 0) is 30.3 Å². The summed E-state index contributed by atoms with van der Waals surface area (Å²) < 4.78 is 86.0. The first kappa shape index (κ1) is 19.1. The number of benzene rings is 1. The van der Waals surface area contributed by atoms with Gasteiger partial charge in [0, 0.05) is 28.9 Å². The Morgan fingerprint density at radius 3 is 2.44 bits per heavy atom. The van der Waals surface area contributed by atoms with Crippen molar-refractivity contribution in [3.63, 3.8) is 0 Å². The van der Waals surface area contributed by atoms with Crippen molar-refractivity contribution in [3.8, 4) is 11.5 Å². The topological polar surface area (TPSA) is 31.4 Å². The summed E-state index contributed by atoms with van der Waals surface area (Å²) >= 11 is 0. The molecule has 0 amide bonds. The van der Waals surface area contributed by atoms with Gasteiger partial charge in [-0.1, -0.05) is 19.1 Å².